The molecule has 2 aromatic rings. The molecule has 128 valence electrons. The summed E-state index contributed by atoms with van der Waals surface area (Å²) in [4.78, 5) is 20.3. The van der Waals surface area contributed by atoms with E-state index in [4.69, 9.17) is 0 Å². The van der Waals surface area contributed by atoms with Crippen LogP contribution in [-0.4, -0.2) is 52.4 Å². The van der Waals surface area contributed by atoms with Gasteiger partial charge >= 0.3 is 0 Å². The Labute approximate surface area is 143 Å². The molecule has 0 bridgehead atoms. The van der Waals surface area contributed by atoms with E-state index in [2.05, 4.69) is 45.8 Å². The van der Waals surface area contributed by atoms with Crippen LogP contribution in [0.5, 0.6) is 0 Å². The molecule has 1 aromatic carbocycles. The molecule has 1 amide bonds. The maximum absolute atomic E-state index is 11.6. The highest BCUT2D eigenvalue weighted by Crippen LogP contribution is 2.18. The van der Waals surface area contributed by atoms with Crippen LogP contribution < -0.4 is 0 Å². The third-order valence-electron chi connectivity index (χ3n) is 4.70. The Morgan fingerprint density at radius 3 is 2.83 bits per heavy atom. The van der Waals surface area contributed by atoms with Gasteiger partial charge in [0, 0.05) is 45.5 Å². The zero-order chi connectivity index (χ0) is 16.9. The van der Waals surface area contributed by atoms with Gasteiger partial charge in [-0.3, -0.25) is 9.69 Å². The Morgan fingerprint density at radius 1 is 1.29 bits per heavy atom. The molecule has 5 nitrogen and oxygen atoms in total. The summed E-state index contributed by atoms with van der Waals surface area (Å²) in [6.45, 7) is 3.54. The van der Waals surface area contributed by atoms with Gasteiger partial charge in [0.25, 0.3) is 0 Å². The van der Waals surface area contributed by atoms with Crippen molar-refractivity contribution in [1.29, 1.82) is 0 Å². The third kappa shape index (κ3) is 4.23. The lowest BCUT2D eigenvalue weighted by atomic mass is 9.97. The molecule has 1 aliphatic heterocycles. The molecule has 0 N–H and O–H groups in total. The molecular weight excluding hydrogens is 300 g/mol. The van der Waals surface area contributed by atoms with Crippen molar-refractivity contribution in [3.05, 3.63) is 54.1 Å². The summed E-state index contributed by atoms with van der Waals surface area (Å²) in [7, 11) is 4.04. The number of rotatable bonds is 6. The highest BCUT2D eigenvalue weighted by molar-refractivity contribution is 5.76. The lowest BCUT2D eigenvalue weighted by Gasteiger charge is -2.32. The maximum atomic E-state index is 11.6. The van der Waals surface area contributed by atoms with Crippen molar-refractivity contribution >= 4 is 5.91 Å². The molecule has 1 aliphatic rings. The first-order valence-corrected chi connectivity index (χ1v) is 8.58. The smallest absolute Gasteiger partial charge is 0.222 e. The second-order valence-electron chi connectivity index (χ2n) is 6.83. The van der Waals surface area contributed by atoms with Crippen molar-refractivity contribution in [2.45, 2.75) is 25.9 Å². The number of hydrogen-bond acceptors (Lipinski definition) is 3. The molecular formula is C19H26N4O. The largest absolute Gasteiger partial charge is 0.345 e. The highest BCUT2D eigenvalue weighted by atomic mass is 16.2. The SMILES string of the molecule is CN(Cc1nccn1Cc1ccccc1)CC1CCC(=O)N(C)C1. The lowest BCUT2D eigenvalue weighted by Crippen LogP contribution is -2.41. The Balaban J connectivity index is 1.56. The molecule has 5 heteroatoms. The quantitative estimate of drug-likeness (QED) is 0.817. The fourth-order valence-electron chi connectivity index (χ4n) is 3.41. The van der Waals surface area contributed by atoms with Crippen LogP contribution >= 0.6 is 0 Å². The van der Waals surface area contributed by atoms with E-state index in [9.17, 15) is 4.79 Å². The zero-order valence-corrected chi connectivity index (χ0v) is 14.6. The van der Waals surface area contributed by atoms with Crippen LogP contribution in [0.2, 0.25) is 0 Å². The molecule has 3 rings (SSSR count). The lowest BCUT2D eigenvalue weighted by molar-refractivity contribution is -0.133. The van der Waals surface area contributed by atoms with Gasteiger partial charge in [-0.25, -0.2) is 4.98 Å². The summed E-state index contributed by atoms with van der Waals surface area (Å²) in [6.07, 6.45) is 5.59. The van der Waals surface area contributed by atoms with Gasteiger partial charge in [0.2, 0.25) is 5.91 Å². The number of hydrogen-bond donors (Lipinski definition) is 0. The molecule has 1 aromatic heterocycles. The first-order chi connectivity index (χ1) is 11.6. The fourth-order valence-corrected chi connectivity index (χ4v) is 3.41. The summed E-state index contributed by atoms with van der Waals surface area (Å²) >= 11 is 0. The summed E-state index contributed by atoms with van der Waals surface area (Å²) in [6, 6.07) is 10.5. The molecule has 24 heavy (non-hydrogen) atoms. The van der Waals surface area contributed by atoms with Gasteiger partial charge in [-0.05, 0) is 24.9 Å². The van der Waals surface area contributed by atoms with Crippen molar-refractivity contribution in [2.24, 2.45) is 5.92 Å². The normalized spacial score (nSPS) is 18.4. The average molecular weight is 326 g/mol. The van der Waals surface area contributed by atoms with E-state index in [1.807, 2.05) is 30.4 Å². The first kappa shape index (κ1) is 16.7. The highest BCUT2D eigenvalue weighted by Gasteiger charge is 2.24. The zero-order valence-electron chi connectivity index (χ0n) is 14.6. The van der Waals surface area contributed by atoms with Crippen LogP contribution in [0.4, 0.5) is 0 Å². The minimum absolute atomic E-state index is 0.271. The van der Waals surface area contributed by atoms with Gasteiger partial charge in [-0.2, -0.15) is 0 Å². The number of benzene rings is 1. The van der Waals surface area contributed by atoms with Crippen LogP contribution in [-0.2, 0) is 17.9 Å². The molecule has 1 fully saturated rings. The van der Waals surface area contributed by atoms with Gasteiger partial charge in [0.1, 0.15) is 5.82 Å². The van der Waals surface area contributed by atoms with Crippen LogP contribution in [0.3, 0.4) is 0 Å². The molecule has 1 unspecified atom stereocenters. The number of carbonyl (C=O) groups is 1. The van der Waals surface area contributed by atoms with E-state index in [0.29, 0.717) is 12.3 Å². The molecule has 0 aliphatic carbocycles. The summed E-state index contributed by atoms with van der Waals surface area (Å²) in [5.41, 5.74) is 1.28. The number of imidazole rings is 1. The van der Waals surface area contributed by atoms with Gasteiger partial charge in [0.15, 0.2) is 0 Å². The minimum atomic E-state index is 0.271. The predicted molar refractivity (Wildman–Crippen MR) is 94.5 cm³/mol. The van der Waals surface area contributed by atoms with Crippen molar-refractivity contribution in [1.82, 2.24) is 19.4 Å². The van der Waals surface area contributed by atoms with E-state index in [1.165, 1.54) is 5.56 Å². The molecule has 0 spiro atoms. The van der Waals surface area contributed by atoms with Crippen LogP contribution in [0, 0.1) is 5.92 Å². The standard InChI is InChI=1S/C19H26N4O/c1-21(12-17-8-9-19(24)22(2)13-17)15-18-20-10-11-23(18)14-16-6-4-3-5-7-16/h3-7,10-11,17H,8-9,12-15H2,1-2H3. The summed E-state index contributed by atoms with van der Waals surface area (Å²) < 4.78 is 2.21. The van der Waals surface area contributed by atoms with Crippen LogP contribution in [0.25, 0.3) is 0 Å². The second kappa shape index (κ2) is 7.62. The number of likely N-dealkylation sites (tertiary alicyclic amines) is 1. The number of carbonyl (C=O) groups excluding carboxylic acids is 1. The minimum Gasteiger partial charge on any atom is -0.345 e. The van der Waals surface area contributed by atoms with Gasteiger partial charge in [0.05, 0.1) is 6.54 Å². The monoisotopic (exact) mass is 326 g/mol. The van der Waals surface area contributed by atoms with Crippen molar-refractivity contribution in [3.8, 4) is 0 Å². The Morgan fingerprint density at radius 2 is 2.08 bits per heavy atom. The number of nitrogens with zero attached hydrogens (tertiary/aromatic N) is 4. The maximum Gasteiger partial charge on any atom is 0.222 e. The Kier molecular flexibility index (Phi) is 5.30. The average Bonchev–Trinajstić information content (AvgIpc) is 2.99. The van der Waals surface area contributed by atoms with Gasteiger partial charge in [-0.1, -0.05) is 30.3 Å². The number of piperidine rings is 1. The third-order valence-corrected chi connectivity index (χ3v) is 4.70. The van der Waals surface area contributed by atoms with E-state index >= 15 is 0 Å². The van der Waals surface area contributed by atoms with Crippen LogP contribution in [0.15, 0.2) is 42.7 Å². The molecule has 0 radical (unpaired) electrons. The first-order valence-electron chi connectivity index (χ1n) is 8.58. The van der Waals surface area contributed by atoms with E-state index < -0.39 is 0 Å². The topological polar surface area (TPSA) is 41.4 Å². The van der Waals surface area contributed by atoms with Gasteiger partial charge < -0.3 is 9.47 Å². The second-order valence-corrected chi connectivity index (χ2v) is 6.83. The predicted octanol–water partition coefficient (Wildman–Crippen LogP) is 2.23. The van der Waals surface area contributed by atoms with E-state index in [1.54, 1.807) is 0 Å². The Hall–Kier alpha value is -2.14. The molecule has 0 saturated carbocycles. The van der Waals surface area contributed by atoms with E-state index in [0.717, 1.165) is 38.4 Å². The van der Waals surface area contributed by atoms with Gasteiger partial charge in [-0.15, -0.1) is 0 Å². The van der Waals surface area contributed by atoms with Crippen LogP contribution in [0.1, 0.15) is 24.2 Å². The van der Waals surface area contributed by atoms with Crippen molar-refractivity contribution in [2.75, 3.05) is 27.2 Å². The summed E-state index contributed by atoms with van der Waals surface area (Å²) in [5.74, 6) is 1.91. The van der Waals surface area contributed by atoms with Crippen molar-refractivity contribution < 1.29 is 4.79 Å². The summed E-state index contributed by atoms with van der Waals surface area (Å²) in [5, 5.41) is 0. The van der Waals surface area contributed by atoms with E-state index in [-0.39, 0.29) is 5.91 Å². The molecule has 1 saturated heterocycles. The molecule has 2 heterocycles. The molecule has 1 atom stereocenters. The number of aromatic nitrogens is 2. The Bertz CT molecular complexity index is 667. The van der Waals surface area contributed by atoms with Crippen molar-refractivity contribution in [3.63, 3.8) is 0 Å². The number of amides is 1. The fraction of sp³-hybridized carbons (Fsp3) is 0.474.